The number of aromatic amines is 1. The number of aromatic nitrogens is 2. The highest BCUT2D eigenvalue weighted by molar-refractivity contribution is 5.78. The molecule has 0 fully saturated rings. The molecule has 0 aliphatic rings. The fourth-order valence-electron chi connectivity index (χ4n) is 2.15. The Morgan fingerprint density at radius 3 is 2.55 bits per heavy atom. The van der Waals surface area contributed by atoms with Gasteiger partial charge in [0.05, 0.1) is 17.4 Å². The van der Waals surface area contributed by atoms with Gasteiger partial charge >= 0.3 is 5.69 Å². The molecule has 1 heterocycles. The number of phenolic OH excluding ortho intramolecular Hbond substituents is 1. The summed E-state index contributed by atoms with van der Waals surface area (Å²) in [5.41, 5.74) is 0.405. The van der Waals surface area contributed by atoms with E-state index in [-0.39, 0.29) is 12.3 Å². The van der Waals surface area contributed by atoms with Crippen molar-refractivity contribution in [2.24, 2.45) is 0 Å². The lowest BCUT2D eigenvalue weighted by Gasteiger charge is -2.06. The Labute approximate surface area is 113 Å². The molecule has 3 aromatic rings. The first kappa shape index (κ1) is 12.2. The highest BCUT2D eigenvalue weighted by Crippen LogP contribution is 2.13. The molecule has 5 nitrogen and oxygen atoms in total. The monoisotopic (exact) mass is 268 g/mol. The van der Waals surface area contributed by atoms with Gasteiger partial charge in [0, 0.05) is 0 Å². The fraction of sp³-hybridized carbons (Fsp3) is 0.0667. The molecule has 0 saturated heterocycles. The van der Waals surface area contributed by atoms with E-state index in [1.54, 1.807) is 0 Å². The minimum absolute atomic E-state index is 0.00656. The van der Waals surface area contributed by atoms with Crippen LogP contribution in [0.5, 0.6) is 5.75 Å². The molecule has 0 amide bonds. The molecule has 0 unspecified atom stereocenters. The number of nitrogens with one attached hydrogen (secondary N) is 1. The Kier molecular flexibility index (Phi) is 2.87. The van der Waals surface area contributed by atoms with Crippen LogP contribution in [-0.4, -0.2) is 14.7 Å². The van der Waals surface area contributed by atoms with Crippen molar-refractivity contribution in [2.45, 2.75) is 6.54 Å². The summed E-state index contributed by atoms with van der Waals surface area (Å²) in [6.45, 7) is 0.195. The van der Waals surface area contributed by atoms with E-state index < -0.39 is 11.2 Å². The van der Waals surface area contributed by atoms with Crippen LogP contribution in [0.3, 0.4) is 0 Å². The van der Waals surface area contributed by atoms with Crippen LogP contribution in [0.4, 0.5) is 0 Å². The van der Waals surface area contributed by atoms with E-state index in [4.69, 9.17) is 0 Å². The Bertz CT molecular complexity index is 879. The minimum atomic E-state index is -0.461. The predicted octanol–water partition coefficient (Wildman–Crippen LogP) is 1.44. The van der Waals surface area contributed by atoms with Gasteiger partial charge in [0.2, 0.25) is 0 Å². The Morgan fingerprint density at radius 1 is 1.05 bits per heavy atom. The summed E-state index contributed by atoms with van der Waals surface area (Å²) in [4.78, 5) is 27.0. The van der Waals surface area contributed by atoms with Gasteiger partial charge in [-0.15, -0.1) is 0 Å². The second-order valence-electron chi connectivity index (χ2n) is 4.54. The number of rotatable bonds is 2. The quantitative estimate of drug-likeness (QED) is 0.738. The molecular formula is C15H12N2O3. The third-order valence-corrected chi connectivity index (χ3v) is 3.15. The molecule has 0 saturated carbocycles. The number of hydrogen-bond donors (Lipinski definition) is 2. The van der Waals surface area contributed by atoms with Gasteiger partial charge in [0.1, 0.15) is 5.75 Å². The maximum Gasteiger partial charge on any atom is 0.329 e. The molecule has 0 atom stereocenters. The van der Waals surface area contributed by atoms with Crippen molar-refractivity contribution in [1.82, 2.24) is 9.55 Å². The number of phenols is 1. The molecule has 0 aliphatic carbocycles. The molecule has 0 bridgehead atoms. The van der Waals surface area contributed by atoms with Crippen molar-refractivity contribution in [3.05, 3.63) is 74.9 Å². The number of fused-ring (bicyclic) bond motifs is 1. The highest BCUT2D eigenvalue weighted by atomic mass is 16.3. The van der Waals surface area contributed by atoms with Gasteiger partial charge < -0.3 is 10.1 Å². The van der Waals surface area contributed by atoms with E-state index in [2.05, 4.69) is 4.98 Å². The molecule has 20 heavy (non-hydrogen) atoms. The third kappa shape index (κ3) is 2.09. The van der Waals surface area contributed by atoms with Gasteiger partial charge in [-0.3, -0.25) is 9.36 Å². The van der Waals surface area contributed by atoms with Gasteiger partial charge in [-0.25, -0.2) is 4.79 Å². The van der Waals surface area contributed by atoms with Gasteiger partial charge in [-0.2, -0.15) is 0 Å². The lowest BCUT2D eigenvalue weighted by Crippen LogP contribution is -2.35. The van der Waals surface area contributed by atoms with Gasteiger partial charge in [-0.1, -0.05) is 30.3 Å². The largest absolute Gasteiger partial charge is 0.508 e. The summed E-state index contributed by atoms with van der Waals surface area (Å²) < 4.78 is 1.12. The zero-order valence-corrected chi connectivity index (χ0v) is 10.5. The molecule has 1 aromatic heterocycles. The van der Waals surface area contributed by atoms with Crippen molar-refractivity contribution in [2.75, 3.05) is 0 Å². The smallest absolute Gasteiger partial charge is 0.329 e. The summed E-state index contributed by atoms with van der Waals surface area (Å²) in [5.74, 6) is -0.00656. The number of H-pyrrole nitrogens is 1. The summed E-state index contributed by atoms with van der Waals surface area (Å²) in [7, 11) is 0. The second-order valence-corrected chi connectivity index (χ2v) is 4.54. The van der Waals surface area contributed by atoms with Crippen LogP contribution in [0.2, 0.25) is 0 Å². The summed E-state index contributed by atoms with van der Waals surface area (Å²) in [5, 5.41) is 9.76. The van der Waals surface area contributed by atoms with Crippen molar-refractivity contribution in [3.8, 4) is 5.75 Å². The maximum atomic E-state index is 12.3. The Balaban J connectivity index is 2.21. The van der Waals surface area contributed by atoms with Gasteiger partial charge in [-0.05, 0) is 23.8 Å². The molecule has 5 heteroatoms. The molecule has 3 rings (SSSR count). The van der Waals surface area contributed by atoms with Crippen LogP contribution >= 0.6 is 0 Å². The summed E-state index contributed by atoms with van der Waals surface area (Å²) in [6, 6.07) is 13.6. The minimum Gasteiger partial charge on any atom is -0.508 e. The van der Waals surface area contributed by atoms with Crippen molar-refractivity contribution in [3.63, 3.8) is 0 Å². The van der Waals surface area contributed by atoms with E-state index in [0.29, 0.717) is 10.9 Å². The molecule has 0 aliphatic heterocycles. The average molecular weight is 268 g/mol. The van der Waals surface area contributed by atoms with Crippen LogP contribution in [0.25, 0.3) is 10.9 Å². The molecule has 2 aromatic carbocycles. The van der Waals surface area contributed by atoms with Crippen LogP contribution in [0, 0.1) is 0 Å². The van der Waals surface area contributed by atoms with Crippen LogP contribution in [-0.2, 0) is 6.54 Å². The van der Waals surface area contributed by atoms with Crippen LogP contribution < -0.4 is 11.2 Å². The topological polar surface area (TPSA) is 75.1 Å². The van der Waals surface area contributed by atoms with E-state index >= 15 is 0 Å². The number of nitrogens with zero attached hydrogens (tertiary/aromatic N) is 1. The normalized spacial score (nSPS) is 10.8. The molecule has 0 radical (unpaired) electrons. The SMILES string of the molecule is O=c1[nH]c2ccc(O)cc2c(=O)n1Cc1ccccc1. The zero-order chi connectivity index (χ0) is 14.1. The number of hydrogen-bond acceptors (Lipinski definition) is 3. The maximum absolute atomic E-state index is 12.3. The first-order valence-corrected chi connectivity index (χ1v) is 6.15. The van der Waals surface area contributed by atoms with E-state index in [0.717, 1.165) is 10.1 Å². The van der Waals surface area contributed by atoms with E-state index in [1.807, 2.05) is 30.3 Å². The first-order valence-electron chi connectivity index (χ1n) is 6.15. The third-order valence-electron chi connectivity index (χ3n) is 3.15. The standard InChI is InChI=1S/C15H12N2O3/c18-11-6-7-13-12(8-11)14(19)17(15(20)16-13)9-10-4-2-1-3-5-10/h1-8,18H,9H2,(H,16,20). The van der Waals surface area contributed by atoms with Crippen molar-refractivity contribution in [1.29, 1.82) is 0 Å². The zero-order valence-electron chi connectivity index (χ0n) is 10.5. The molecule has 100 valence electrons. The fourth-order valence-corrected chi connectivity index (χ4v) is 2.15. The number of benzene rings is 2. The van der Waals surface area contributed by atoms with Crippen LogP contribution in [0.1, 0.15) is 5.56 Å². The predicted molar refractivity (Wildman–Crippen MR) is 76.0 cm³/mol. The first-order chi connectivity index (χ1) is 9.65. The van der Waals surface area contributed by atoms with Crippen molar-refractivity contribution >= 4 is 10.9 Å². The van der Waals surface area contributed by atoms with Gasteiger partial charge in [0.15, 0.2) is 0 Å². The van der Waals surface area contributed by atoms with E-state index in [9.17, 15) is 14.7 Å². The number of aromatic hydroxyl groups is 1. The lowest BCUT2D eigenvalue weighted by molar-refractivity contribution is 0.476. The molecule has 0 spiro atoms. The molecular weight excluding hydrogens is 256 g/mol. The summed E-state index contributed by atoms with van der Waals surface area (Å²) in [6.07, 6.45) is 0. The lowest BCUT2D eigenvalue weighted by atomic mass is 10.2. The Morgan fingerprint density at radius 2 is 1.80 bits per heavy atom. The second kappa shape index (κ2) is 4.70. The van der Waals surface area contributed by atoms with Gasteiger partial charge in [0.25, 0.3) is 5.56 Å². The van der Waals surface area contributed by atoms with Crippen molar-refractivity contribution < 1.29 is 5.11 Å². The highest BCUT2D eigenvalue weighted by Gasteiger charge is 2.08. The summed E-state index contributed by atoms with van der Waals surface area (Å²) >= 11 is 0. The molecule has 2 N–H and O–H groups in total. The average Bonchev–Trinajstić information content (AvgIpc) is 2.46. The van der Waals surface area contributed by atoms with E-state index in [1.165, 1.54) is 18.2 Å². The van der Waals surface area contributed by atoms with Crippen LogP contribution in [0.15, 0.2) is 58.1 Å². The Hall–Kier alpha value is -2.82.